The highest BCUT2D eigenvalue weighted by Crippen LogP contribution is 2.29. The van der Waals surface area contributed by atoms with E-state index in [0.717, 1.165) is 30.0 Å². The van der Waals surface area contributed by atoms with E-state index in [4.69, 9.17) is 0 Å². The fraction of sp³-hybridized carbons (Fsp3) is 0.464. The van der Waals surface area contributed by atoms with Crippen molar-refractivity contribution in [3.8, 4) is 0 Å². The van der Waals surface area contributed by atoms with E-state index in [-0.39, 0.29) is 41.8 Å². The molecule has 3 saturated heterocycles. The van der Waals surface area contributed by atoms with Gasteiger partial charge in [0.2, 0.25) is 17.7 Å². The van der Waals surface area contributed by atoms with E-state index in [1.807, 2.05) is 41.0 Å². The van der Waals surface area contributed by atoms with Gasteiger partial charge in [-0.25, -0.2) is 4.39 Å². The van der Waals surface area contributed by atoms with Gasteiger partial charge < -0.3 is 19.6 Å². The second kappa shape index (κ2) is 10.3. The van der Waals surface area contributed by atoms with E-state index >= 15 is 0 Å². The molecule has 3 amide bonds. The molecule has 0 saturated carbocycles. The molecule has 1 atom stereocenters. The molecule has 36 heavy (non-hydrogen) atoms. The van der Waals surface area contributed by atoms with Crippen molar-refractivity contribution >= 4 is 29.1 Å². The van der Waals surface area contributed by atoms with Crippen LogP contribution in [-0.4, -0.2) is 73.3 Å². The molecule has 8 heteroatoms. The van der Waals surface area contributed by atoms with Crippen LogP contribution in [0.25, 0.3) is 0 Å². The molecule has 7 nitrogen and oxygen atoms in total. The van der Waals surface area contributed by atoms with Gasteiger partial charge in [0.25, 0.3) is 0 Å². The van der Waals surface area contributed by atoms with E-state index in [1.165, 1.54) is 12.1 Å². The smallest absolute Gasteiger partial charge is 0.228 e. The first-order valence-electron chi connectivity index (χ1n) is 12.8. The molecule has 0 aliphatic carbocycles. The van der Waals surface area contributed by atoms with Gasteiger partial charge in [-0.05, 0) is 56.2 Å². The van der Waals surface area contributed by atoms with Crippen molar-refractivity contribution in [3.05, 3.63) is 59.9 Å². The summed E-state index contributed by atoms with van der Waals surface area (Å²) in [4.78, 5) is 46.6. The third-order valence-corrected chi connectivity index (χ3v) is 7.76. The minimum atomic E-state index is -0.328. The highest BCUT2D eigenvalue weighted by Gasteiger charge is 2.39. The van der Waals surface area contributed by atoms with Gasteiger partial charge in [0.15, 0.2) is 0 Å². The van der Waals surface area contributed by atoms with Crippen LogP contribution in [0.4, 0.5) is 15.8 Å². The van der Waals surface area contributed by atoms with Gasteiger partial charge in [0.1, 0.15) is 5.82 Å². The first-order chi connectivity index (χ1) is 17.4. The quantitative estimate of drug-likeness (QED) is 0.658. The molecule has 2 aromatic rings. The highest BCUT2D eigenvalue weighted by molar-refractivity contribution is 6.00. The number of carbonyl (C=O) groups excluding carboxylic acids is 3. The Balaban J connectivity index is 1.10. The molecule has 0 spiro atoms. The van der Waals surface area contributed by atoms with E-state index in [2.05, 4.69) is 4.90 Å². The Morgan fingerprint density at radius 2 is 1.31 bits per heavy atom. The van der Waals surface area contributed by atoms with Crippen LogP contribution in [0, 0.1) is 24.6 Å². The molecule has 3 aliphatic heterocycles. The largest absolute Gasteiger partial charge is 0.368 e. The summed E-state index contributed by atoms with van der Waals surface area (Å²) >= 11 is 0. The summed E-state index contributed by atoms with van der Waals surface area (Å²) in [5, 5.41) is 0. The number of nitrogens with zero attached hydrogens (tertiary/aromatic N) is 4. The van der Waals surface area contributed by atoms with Crippen LogP contribution >= 0.6 is 0 Å². The van der Waals surface area contributed by atoms with Crippen molar-refractivity contribution < 1.29 is 18.8 Å². The number of hydrogen-bond acceptors (Lipinski definition) is 4. The lowest BCUT2D eigenvalue weighted by Gasteiger charge is -2.39. The lowest BCUT2D eigenvalue weighted by molar-refractivity contribution is -0.142. The predicted molar refractivity (Wildman–Crippen MR) is 136 cm³/mol. The van der Waals surface area contributed by atoms with Gasteiger partial charge in [-0.15, -0.1) is 0 Å². The maximum absolute atomic E-state index is 13.2. The fourth-order valence-corrected chi connectivity index (χ4v) is 5.55. The number of aryl methyl sites for hydroxylation is 1. The molecule has 3 fully saturated rings. The predicted octanol–water partition coefficient (Wildman–Crippen LogP) is 3.07. The molecule has 0 N–H and O–H groups in total. The zero-order valence-electron chi connectivity index (χ0n) is 20.7. The number of halogens is 1. The number of benzene rings is 2. The third kappa shape index (κ3) is 5.08. The van der Waals surface area contributed by atoms with Crippen LogP contribution in [0.5, 0.6) is 0 Å². The van der Waals surface area contributed by atoms with Crippen LogP contribution in [0.1, 0.15) is 24.8 Å². The average molecular weight is 493 g/mol. The van der Waals surface area contributed by atoms with Gasteiger partial charge in [0, 0.05) is 69.5 Å². The molecule has 190 valence electrons. The number of anilines is 2. The Labute approximate surface area is 211 Å². The van der Waals surface area contributed by atoms with Gasteiger partial charge in [0.05, 0.1) is 5.92 Å². The van der Waals surface area contributed by atoms with Crippen LogP contribution in [0.2, 0.25) is 0 Å². The monoisotopic (exact) mass is 492 g/mol. The SMILES string of the molecule is Cc1ccc(N2C[C@H](C(=O)N3CCC(C(=O)N4CCN(c5ccc(F)cc5)CC4)CC3)CC2=O)cc1. The van der Waals surface area contributed by atoms with Crippen molar-refractivity contribution in [2.45, 2.75) is 26.2 Å². The molecule has 5 rings (SSSR count). The summed E-state index contributed by atoms with van der Waals surface area (Å²) in [6.45, 7) is 6.27. The second-order valence-electron chi connectivity index (χ2n) is 10.1. The Bertz CT molecular complexity index is 1100. The van der Waals surface area contributed by atoms with Crippen LogP contribution in [0.15, 0.2) is 48.5 Å². The van der Waals surface area contributed by atoms with Gasteiger partial charge in [-0.3, -0.25) is 14.4 Å². The van der Waals surface area contributed by atoms with Gasteiger partial charge in [-0.2, -0.15) is 0 Å². The van der Waals surface area contributed by atoms with Crippen molar-refractivity contribution in [2.24, 2.45) is 11.8 Å². The number of piperidine rings is 1. The lowest BCUT2D eigenvalue weighted by Crippen LogP contribution is -2.52. The van der Waals surface area contributed by atoms with Gasteiger partial charge in [-0.1, -0.05) is 17.7 Å². The zero-order valence-corrected chi connectivity index (χ0v) is 20.7. The number of rotatable bonds is 4. The number of likely N-dealkylation sites (tertiary alicyclic amines) is 1. The number of piperazine rings is 1. The van der Waals surface area contributed by atoms with Crippen molar-refractivity contribution in [1.82, 2.24) is 9.80 Å². The van der Waals surface area contributed by atoms with E-state index in [9.17, 15) is 18.8 Å². The standard InChI is InChI=1S/C28H33FN4O3/c1-20-2-6-25(7-3-20)33-19-22(18-26(33)34)28(36)31-12-10-21(11-13-31)27(35)32-16-14-30(15-17-32)24-8-4-23(29)5-9-24/h2-9,21-22H,10-19H2,1H3/t22-/m1/s1. The summed E-state index contributed by atoms with van der Waals surface area (Å²) in [5.74, 6) is -0.465. The first kappa shape index (κ1) is 24.3. The maximum atomic E-state index is 13.2. The van der Waals surface area contributed by atoms with Gasteiger partial charge >= 0.3 is 0 Å². The molecule has 0 radical (unpaired) electrons. The summed E-state index contributed by atoms with van der Waals surface area (Å²) in [7, 11) is 0. The first-order valence-corrected chi connectivity index (χ1v) is 12.8. The van der Waals surface area contributed by atoms with Crippen LogP contribution < -0.4 is 9.80 Å². The molecular weight excluding hydrogens is 459 g/mol. The average Bonchev–Trinajstić information content (AvgIpc) is 3.30. The van der Waals surface area contributed by atoms with E-state index in [1.54, 1.807) is 17.0 Å². The fourth-order valence-electron chi connectivity index (χ4n) is 5.55. The lowest BCUT2D eigenvalue weighted by atomic mass is 9.93. The number of hydrogen-bond donors (Lipinski definition) is 0. The van der Waals surface area contributed by atoms with Crippen molar-refractivity contribution in [2.75, 3.05) is 55.6 Å². The molecule has 0 aromatic heterocycles. The van der Waals surface area contributed by atoms with E-state index < -0.39 is 0 Å². The van der Waals surface area contributed by atoms with Crippen LogP contribution in [-0.2, 0) is 14.4 Å². The van der Waals surface area contributed by atoms with Crippen LogP contribution in [0.3, 0.4) is 0 Å². The van der Waals surface area contributed by atoms with Crippen molar-refractivity contribution in [1.29, 1.82) is 0 Å². The molecule has 0 bridgehead atoms. The Hall–Kier alpha value is -3.42. The normalized spacial score (nSPS) is 21.3. The third-order valence-electron chi connectivity index (χ3n) is 7.76. The second-order valence-corrected chi connectivity index (χ2v) is 10.1. The topological polar surface area (TPSA) is 64.2 Å². The zero-order chi connectivity index (χ0) is 25.2. The Kier molecular flexibility index (Phi) is 6.94. The van der Waals surface area contributed by atoms with E-state index in [0.29, 0.717) is 45.6 Å². The van der Waals surface area contributed by atoms with Crippen molar-refractivity contribution in [3.63, 3.8) is 0 Å². The minimum absolute atomic E-state index is 0.0120. The maximum Gasteiger partial charge on any atom is 0.228 e. The Morgan fingerprint density at radius 3 is 1.94 bits per heavy atom. The Morgan fingerprint density at radius 1 is 0.750 bits per heavy atom. The molecule has 3 aliphatic rings. The minimum Gasteiger partial charge on any atom is -0.368 e. The molecular formula is C28H33FN4O3. The molecule has 0 unspecified atom stereocenters. The molecule has 3 heterocycles. The number of carbonyl (C=O) groups is 3. The number of amides is 3. The summed E-state index contributed by atoms with van der Waals surface area (Å²) in [6.07, 6.45) is 1.56. The summed E-state index contributed by atoms with van der Waals surface area (Å²) in [5.41, 5.74) is 2.94. The summed E-state index contributed by atoms with van der Waals surface area (Å²) in [6, 6.07) is 14.3. The molecule has 2 aromatic carbocycles. The highest BCUT2D eigenvalue weighted by atomic mass is 19.1. The summed E-state index contributed by atoms with van der Waals surface area (Å²) < 4.78 is 13.2.